The Kier molecular flexibility index (Phi) is 7.31. The number of hydrogen-bond acceptors (Lipinski definition) is 6. The van der Waals surface area contributed by atoms with E-state index in [9.17, 15) is 15.0 Å². The molecule has 0 radical (unpaired) electrons. The fourth-order valence-corrected chi connectivity index (χ4v) is 3.71. The van der Waals surface area contributed by atoms with Gasteiger partial charge in [-0.25, -0.2) is 0 Å². The number of methoxy groups -OCH3 is 2. The van der Waals surface area contributed by atoms with Crippen LogP contribution in [0.4, 0.5) is 0 Å². The van der Waals surface area contributed by atoms with Gasteiger partial charge in [-0.05, 0) is 18.1 Å². The van der Waals surface area contributed by atoms with Crippen molar-refractivity contribution in [2.75, 3.05) is 33.9 Å². The SMILES string of the molecule is COc1ccc(CNC[C@]2(O)CN(C(=O)CCc3ccccc3)C[C@H]2O)c(OC)c1. The van der Waals surface area contributed by atoms with E-state index in [1.54, 1.807) is 25.2 Å². The number of nitrogens with zero attached hydrogens (tertiary/aromatic N) is 1. The van der Waals surface area contributed by atoms with Gasteiger partial charge in [0.2, 0.25) is 5.91 Å². The fraction of sp³-hybridized carbons (Fsp3) is 0.435. The second-order valence-corrected chi connectivity index (χ2v) is 7.66. The minimum atomic E-state index is -1.39. The summed E-state index contributed by atoms with van der Waals surface area (Å²) in [5, 5.41) is 24.5. The van der Waals surface area contributed by atoms with Crippen LogP contribution in [0.2, 0.25) is 0 Å². The van der Waals surface area contributed by atoms with Gasteiger partial charge in [0.05, 0.1) is 20.8 Å². The lowest BCUT2D eigenvalue weighted by molar-refractivity contribution is -0.131. The zero-order chi connectivity index (χ0) is 21.6. The normalized spacial score (nSPS) is 20.9. The third-order valence-electron chi connectivity index (χ3n) is 5.54. The molecule has 162 valence electrons. The molecule has 2 atom stereocenters. The number of amides is 1. The molecule has 3 rings (SSSR count). The summed E-state index contributed by atoms with van der Waals surface area (Å²) in [6, 6.07) is 15.3. The zero-order valence-electron chi connectivity index (χ0n) is 17.5. The first-order chi connectivity index (χ1) is 14.4. The van der Waals surface area contributed by atoms with E-state index in [4.69, 9.17) is 9.47 Å². The molecule has 0 spiro atoms. The van der Waals surface area contributed by atoms with Crippen molar-refractivity contribution in [2.24, 2.45) is 0 Å². The smallest absolute Gasteiger partial charge is 0.223 e. The lowest BCUT2D eigenvalue weighted by Gasteiger charge is -2.26. The number of ether oxygens (including phenoxy) is 2. The van der Waals surface area contributed by atoms with Gasteiger partial charge in [0, 0.05) is 37.7 Å². The van der Waals surface area contributed by atoms with E-state index in [1.165, 1.54) is 0 Å². The Morgan fingerprint density at radius 3 is 2.67 bits per heavy atom. The van der Waals surface area contributed by atoms with Crippen molar-refractivity contribution in [3.63, 3.8) is 0 Å². The highest BCUT2D eigenvalue weighted by Crippen LogP contribution is 2.26. The second kappa shape index (κ2) is 9.93. The lowest BCUT2D eigenvalue weighted by atomic mass is 10.0. The van der Waals surface area contributed by atoms with Gasteiger partial charge < -0.3 is 29.9 Å². The highest BCUT2D eigenvalue weighted by atomic mass is 16.5. The molecule has 0 aromatic heterocycles. The van der Waals surface area contributed by atoms with E-state index in [1.807, 2.05) is 42.5 Å². The molecule has 1 heterocycles. The van der Waals surface area contributed by atoms with Crippen molar-refractivity contribution in [3.8, 4) is 11.5 Å². The third kappa shape index (κ3) is 5.30. The molecular weight excluding hydrogens is 384 g/mol. The molecule has 2 aromatic carbocycles. The van der Waals surface area contributed by atoms with Gasteiger partial charge >= 0.3 is 0 Å². The van der Waals surface area contributed by atoms with Crippen molar-refractivity contribution < 1.29 is 24.5 Å². The summed E-state index contributed by atoms with van der Waals surface area (Å²) in [5.41, 5.74) is 0.614. The Labute approximate surface area is 177 Å². The quantitative estimate of drug-likeness (QED) is 0.574. The van der Waals surface area contributed by atoms with Crippen LogP contribution in [0.3, 0.4) is 0 Å². The fourth-order valence-electron chi connectivity index (χ4n) is 3.71. The average Bonchev–Trinajstić information content (AvgIpc) is 3.07. The standard InChI is InChI=1S/C23H30N2O5/c1-29-19-10-9-18(20(12-19)30-2)13-24-15-23(28)16-25(14-21(23)26)22(27)11-8-17-6-4-3-5-7-17/h3-7,9-10,12,21,24,26,28H,8,11,13-16H2,1-2H3/t21-,23+/m1/s1. The first-order valence-corrected chi connectivity index (χ1v) is 10.1. The molecule has 1 amide bonds. The molecular formula is C23H30N2O5. The summed E-state index contributed by atoms with van der Waals surface area (Å²) < 4.78 is 10.6. The van der Waals surface area contributed by atoms with E-state index in [2.05, 4.69) is 5.32 Å². The lowest BCUT2D eigenvalue weighted by Crippen LogP contribution is -2.50. The van der Waals surface area contributed by atoms with Crippen LogP contribution in [0.15, 0.2) is 48.5 Å². The number of aliphatic hydroxyl groups is 2. The third-order valence-corrected chi connectivity index (χ3v) is 5.54. The number of likely N-dealkylation sites (tertiary alicyclic amines) is 1. The van der Waals surface area contributed by atoms with E-state index < -0.39 is 11.7 Å². The molecule has 7 heteroatoms. The molecule has 0 unspecified atom stereocenters. The minimum Gasteiger partial charge on any atom is -0.497 e. The first-order valence-electron chi connectivity index (χ1n) is 10.1. The van der Waals surface area contributed by atoms with Gasteiger partial charge in [-0.1, -0.05) is 36.4 Å². The number of β-amino-alcohol motifs (C(OH)–C–C–N with tert-alkyl or cyclic N) is 2. The van der Waals surface area contributed by atoms with Crippen LogP contribution < -0.4 is 14.8 Å². The Balaban J connectivity index is 1.52. The predicted octanol–water partition coefficient (Wildman–Crippen LogP) is 1.36. The van der Waals surface area contributed by atoms with E-state index in [0.717, 1.165) is 11.1 Å². The Bertz CT molecular complexity index is 845. The van der Waals surface area contributed by atoms with Crippen molar-refractivity contribution in [2.45, 2.75) is 31.1 Å². The van der Waals surface area contributed by atoms with Crippen LogP contribution in [0.25, 0.3) is 0 Å². The van der Waals surface area contributed by atoms with Gasteiger partial charge in [-0.2, -0.15) is 0 Å². The van der Waals surface area contributed by atoms with E-state index in [-0.39, 0.29) is 25.5 Å². The molecule has 1 saturated heterocycles. The summed E-state index contributed by atoms with van der Waals surface area (Å²) in [6.07, 6.45) is -0.00723. The predicted molar refractivity (Wildman–Crippen MR) is 114 cm³/mol. The molecule has 2 aromatic rings. The molecule has 30 heavy (non-hydrogen) atoms. The minimum absolute atomic E-state index is 0.0642. The van der Waals surface area contributed by atoms with Gasteiger partial charge in [0.1, 0.15) is 23.2 Å². The Morgan fingerprint density at radius 1 is 1.20 bits per heavy atom. The van der Waals surface area contributed by atoms with Crippen molar-refractivity contribution in [1.82, 2.24) is 10.2 Å². The zero-order valence-corrected chi connectivity index (χ0v) is 17.5. The number of nitrogens with one attached hydrogen (secondary N) is 1. The number of hydrogen-bond donors (Lipinski definition) is 3. The van der Waals surface area contributed by atoms with E-state index >= 15 is 0 Å². The van der Waals surface area contributed by atoms with Gasteiger partial charge in [-0.15, -0.1) is 0 Å². The monoisotopic (exact) mass is 414 g/mol. The molecule has 1 aliphatic heterocycles. The van der Waals surface area contributed by atoms with Crippen LogP contribution in [0.5, 0.6) is 11.5 Å². The van der Waals surface area contributed by atoms with Crippen molar-refractivity contribution in [3.05, 3.63) is 59.7 Å². The largest absolute Gasteiger partial charge is 0.497 e. The summed E-state index contributed by atoms with van der Waals surface area (Å²) in [5.74, 6) is 1.31. The maximum atomic E-state index is 12.5. The van der Waals surface area contributed by atoms with Gasteiger partial charge in [0.25, 0.3) is 0 Å². The summed E-state index contributed by atoms with van der Waals surface area (Å²) in [7, 11) is 3.18. The highest BCUT2D eigenvalue weighted by Gasteiger charge is 2.45. The molecule has 1 aliphatic rings. The first kappa shape index (κ1) is 22.1. The van der Waals surface area contributed by atoms with Crippen molar-refractivity contribution in [1.29, 1.82) is 0 Å². The van der Waals surface area contributed by atoms with E-state index in [0.29, 0.717) is 30.9 Å². The summed E-state index contributed by atoms with van der Waals surface area (Å²) in [4.78, 5) is 14.1. The Hall–Kier alpha value is -2.61. The van der Waals surface area contributed by atoms with Crippen LogP contribution in [-0.2, 0) is 17.8 Å². The maximum absolute atomic E-state index is 12.5. The molecule has 1 fully saturated rings. The van der Waals surface area contributed by atoms with Crippen molar-refractivity contribution >= 4 is 5.91 Å². The molecule has 0 bridgehead atoms. The number of carbonyl (C=O) groups excluding carboxylic acids is 1. The summed E-state index contributed by atoms with van der Waals surface area (Å²) >= 11 is 0. The number of benzene rings is 2. The van der Waals surface area contributed by atoms with Crippen LogP contribution in [-0.4, -0.2) is 66.6 Å². The molecule has 3 N–H and O–H groups in total. The number of aryl methyl sites for hydroxylation is 1. The number of carbonyl (C=O) groups is 1. The van der Waals surface area contributed by atoms with Crippen LogP contribution in [0.1, 0.15) is 17.5 Å². The second-order valence-electron chi connectivity index (χ2n) is 7.66. The number of rotatable bonds is 9. The summed E-state index contributed by atoms with van der Waals surface area (Å²) in [6.45, 7) is 0.849. The maximum Gasteiger partial charge on any atom is 0.223 e. The molecule has 0 saturated carbocycles. The number of aliphatic hydroxyl groups excluding tert-OH is 1. The van der Waals surface area contributed by atoms with Crippen LogP contribution in [0, 0.1) is 0 Å². The average molecular weight is 415 g/mol. The highest BCUT2D eigenvalue weighted by molar-refractivity contribution is 5.77. The molecule has 0 aliphatic carbocycles. The van der Waals surface area contributed by atoms with Gasteiger partial charge in [0.15, 0.2) is 0 Å². The van der Waals surface area contributed by atoms with Crippen LogP contribution >= 0.6 is 0 Å². The Morgan fingerprint density at radius 2 is 1.97 bits per heavy atom. The topological polar surface area (TPSA) is 91.3 Å². The molecule has 7 nitrogen and oxygen atoms in total. The van der Waals surface area contributed by atoms with Gasteiger partial charge in [-0.3, -0.25) is 4.79 Å².